The third kappa shape index (κ3) is 4.70. The van der Waals surface area contributed by atoms with Gasteiger partial charge in [-0.25, -0.2) is 9.97 Å². The molecule has 0 amide bonds. The van der Waals surface area contributed by atoms with E-state index in [-0.39, 0.29) is 6.10 Å². The summed E-state index contributed by atoms with van der Waals surface area (Å²) >= 11 is 0. The van der Waals surface area contributed by atoms with Crippen LogP contribution in [0.25, 0.3) is 0 Å². The maximum absolute atomic E-state index is 9.76. The summed E-state index contributed by atoms with van der Waals surface area (Å²) in [6, 6.07) is 6.03. The van der Waals surface area contributed by atoms with Gasteiger partial charge in [-0.05, 0) is 31.4 Å². The molecule has 7 heteroatoms. The van der Waals surface area contributed by atoms with Gasteiger partial charge in [-0.15, -0.1) is 0 Å². The van der Waals surface area contributed by atoms with E-state index in [0.29, 0.717) is 19.0 Å². The summed E-state index contributed by atoms with van der Waals surface area (Å²) in [4.78, 5) is 18.2. The smallest absolute Gasteiger partial charge is 0.224 e. The van der Waals surface area contributed by atoms with Crippen molar-refractivity contribution >= 4 is 17.6 Å². The van der Waals surface area contributed by atoms with Crippen molar-refractivity contribution in [1.82, 2.24) is 15.0 Å². The van der Waals surface area contributed by atoms with Crippen LogP contribution in [-0.4, -0.2) is 52.3 Å². The van der Waals surface area contributed by atoms with E-state index in [1.165, 1.54) is 37.7 Å². The molecule has 2 aromatic rings. The number of anilines is 3. The van der Waals surface area contributed by atoms with Crippen LogP contribution in [0.15, 0.2) is 30.6 Å². The molecular weight excluding hydrogens is 352 g/mol. The average molecular weight is 383 g/mol. The lowest BCUT2D eigenvalue weighted by Crippen LogP contribution is -2.29. The highest BCUT2D eigenvalue weighted by molar-refractivity contribution is 5.49. The highest BCUT2D eigenvalue weighted by Gasteiger charge is 2.21. The van der Waals surface area contributed by atoms with Gasteiger partial charge in [-0.2, -0.15) is 4.98 Å². The highest BCUT2D eigenvalue weighted by Crippen LogP contribution is 2.23. The zero-order valence-electron chi connectivity index (χ0n) is 16.4. The van der Waals surface area contributed by atoms with Gasteiger partial charge in [-0.1, -0.05) is 25.3 Å². The predicted molar refractivity (Wildman–Crippen MR) is 112 cm³/mol. The van der Waals surface area contributed by atoms with Crippen molar-refractivity contribution in [3.05, 3.63) is 36.2 Å². The quantitative estimate of drug-likeness (QED) is 0.823. The van der Waals surface area contributed by atoms with Crippen LogP contribution < -0.4 is 15.1 Å². The Morgan fingerprint density at radius 1 is 0.964 bits per heavy atom. The first-order valence-electron chi connectivity index (χ1n) is 10.5. The first kappa shape index (κ1) is 18.9. The molecule has 4 rings (SSSR count). The van der Waals surface area contributed by atoms with Crippen LogP contribution in [0.5, 0.6) is 0 Å². The van der Waals surface area contributed by atoms with Gasteiger partial charge in [0.2, 0.25) is 5.95 Å². The number of β-amino-alcohol motifs (C(OH)–C–C–N with tert-alkyl or cyclic N) is 1. The molecule has 2 aliphatic heterocycles. The molecule has 150 valence electrons. The molecule has 0 radical (unpaired) electrons. The first-order chi connectivity index (χ1) is 13.8. The van der Waals surface area contributed by atoms with Crippen LogP contribution in [-0.2, 0) is 6.54 Å². The normalized spacial score (nSPS) is 20.7. The fourth-order valence-corrected chi connectivity index (χ4v) is 4.05. The van der Waals surface area contributed by atoms with E-state index in [1.807, 2.05) is 18.3 Å². The Morgan fingerprint density at radius 2 is 1.79 bits per heavy atom. The fourth-order valence-electron chi connectivity index (χ4n) is 4.05. The summed E-state index contributed by atoms with van der Waals surface area (Å²) in [7, 11) is 0. The molecule has 0 spiro atoms. The second kappa shape index (κ2) is 9.19. The van der Waals surface area contributed by atoms with E-state index in [2.05, 4.69) is 36.1 Å². The van der Waals surface area contributed by atoms with Gasteiger partial charge in [0.25, 0.3) is 0 Å². The summed E-state index contributed by atoms with van der Waals surface area (Å²) in [6.07, 6.45) is 10.6. The molecule has 2 fully saturated rings. The third-order valence-electron chi connectivity index (χ3n) is 5.59. The molecule has 0 bridgehead atoms. The van der Waals surface area contributed by atoms with Gasteiger partial charge in [-0.3, -0.25) is 0 Å². The van der Waals surface area contributed by atoms with Crippen LogP contribution in [0.3, 0.4) is 0 Å². The molecule has 2 saturated heterocycles. The minimum Gasteiger partial charge on any atom is -0.391 e. The minimum absolute atomic E-state index is 0.262. The summed E-state index contributed by atoms with van der Waals surface area (Å²) < 4.78 is 0. The molecule has 28 heavy (non-hydrogen) atoms. The van der Waals surface area contributed by atoms with E-state index in [9.17, 15) is 5.11 Å². The predicted octanol–water partition coefficient (Wildman–Crippen LogP) is 2.83. The molecule has 0 aromatic carbocycles. The number of hydrogen-bond acceptors (Lipinski definition) is 7. The van der Waals surface area contributed by atoms with Crippen molar-refractivity contribution in [2.75, 3.05) is 41.3 Å². The summed E-state index contributed by atoms with van der Waals surface area (Å²) in [6.45, 7) is 4.27. The zero-order chi connectivity index (χ0) is 19.2. The minimum atomic E-state index is -0.262. The SMILES string of the molecule is OC1CCN(c2ccnc(NCc3cccnc3N3CCCCCCC3)n2)C1. The molecular formula is C21H30N6O. The molecule has 4 heterocycles. The van der Waals surface area contributed by atoms with E-state index in [4.69, 9.17) is 0 Å². The van der Waals surface area contributed by atoms with Crippen LogP contribution in [0.1, 0.15) is 44.1 Å². The van der Waals surface area contributed by atoms with Crippen molar-refractivity contribution in [3.63, 3.8) is 0 Å². The van der Waals surface area contributed by atoms with Crippen LogP contribution >= 0.6 is 0 Å². The number of hydrogen-bond donors (Lipinski definition) is 2. The Hall–Kier alpha value is -2.41. The maximum atomic E-state index is 9.76. The number of aromatic nitrogens is 3. The van der Waals surface area contributed by atoms with Gasteiger partial charge >= 0.3 is 0 Å². The van der Waals surface area contributed by atoms with E-state index in [1.54, 1.807) is 6.20 Å². The van der Waals surface area contributed by atoms with Crippen LogP contribution in [0.4, 0.5) is 17.6 Å². The van der Waals surface area contributed by atoms with Crippen molar-refractivity contribution < 1.29 is 5.11 Å². The van der Waals surface area contributed by atoms with E-state index < -0.39 is 0 Å². The Balaban J connectivity index is 1.44. The Bertz CT molecular complexity index is 762. The fraction of sp³-hybridized carbons (Fsp3) is 0.571. The molecule has 2 N–H and O–H groups in total. The molecule has 1 unspecified atom stereocenters. The second-order valence-corrected chi connectivity index (χ2v) is 7.72. The van der Waals surface area contributed by atoms with Gasteiger partial charge in [0, 0.05) is 50.7 Å². The average Bonchev–Trinajstić information content (AvgIpc) is 3.13. The number of aliphatic hydroxyl groups is 1. The maximum Gasteiger partial charge on any atom is 0.224 e. The number of aliphatic hydroxyl groups excluding tert-OH is 1. The van der Waals surface area contributed by atoms with Crippen LogP contribution in [0.2, 0.25) is 0 Å². The molecule has 1 atom stereocenters. The van der Waals surface area contributed by atoms with Gasteiger partial charge < -0.3 is 20.2 Å². The van der Waals surface area contributed by atoms with Gasteiger partial charge in [0.1, 0.15) is 11.6 Å². The number of pyridine rings is 1. The summed E-state index contributed by atoms with van der Waals surface area (Å²) in [5.74, 6) is 2.56. The number of nitrogens with zero attached hydrogens (tertiary/aromatic N) is 5. The molecule has 0 saturated carbocycles. The largest absolute Gasteiger partial charge is 0.391 e. The van der Waals surface area contributed by atoms with Crippen molar-refractivity contribution in [2.45, 2.75) is 51.2 Å². The molecule has 0 aliphatic carbocycles. The lowest BCUT2D eigenvalue weighted by atomic mass is 10.1. The Kier molecular flexibility index (Phi) is 6.21. The van der Waals surface area contributed by atoms with Crippen molar-refractivity contribution in [3.8, 4) is 0 Å². The molecule has 2 aliphatic rings. The van der Waals surface area contributed by atoms with E-state index in [0.717, 1.165) is 37.7 Å². The van der Waals surface area contributed by atoms with Crippen LogP contribution in [0, 0.1) is 0 Å². The Labute approximate surface area is 166 Å². The summed E-state index contributed by atoms with van der Waals surface area (Å²) in [5, 5.41) is 13.1. The van der Waals surface area contributed by atoms with E-state index >= 15 is 0 Å². The van der Waals surface area contributed by atoms with Gasteiger partial charge in [0.05, 0.1) is 6.10 Å². The number of nitrogens with one attached hydrogen (secondary N) is 1. The Morgan fingerprint density at radius 3 is 2.57 bits per heavy atom. The lowest BCUT2D eigenvalue weighted by Gasteiger charge is -2.27. The van der Waals surface area contributed by atoms with Crippen molar-refractivity contribution in [1.29, 1.82) is 0 Å². The molecule has 2 aromatic heterocycles. The topological polar surface area (TPSA) is 77.4 Å². The van der Waals surface area contributed by atoms with Crippen molar-refractivity contribution in [2.24, 2.45) is 0 Å². The van der Waals surface area contributed by atoms with Gasteiger partial charge in [0.15, 0.2) is 0 Å². The number of rotatable bonds is 5. The third-order valence-corrected chi connectivity index (χ3v) is 5.59. The monoisotopic (exact) mass is 382 g/mol. The zero-order valence-corrected chi connectivity index (χ0v) is 16.4. The second-order valence-electron chi connectivity index (χ2n) is 7.72. The standard InChI is InChI=1S/C21H30N6O/c28-18-9-14-27(16-18)19-8-11-23-21(25-19)24-15-17-7-6-10-22-20(17)26-12-4-2-1-3-5-13-26/h6-8,10-11,18,28H,1-5,9,12-16H2,(H,23,24,25). The lowest BCUT2D eigenvalue weighted by molar-refractivity contribution is 0.198. The molecule has 7 nitrogen and oxygen atoms in total. The summed E-state index contributed by atoms with van der Waals surface area (Å²) in [5.41, 5.74) is 1.17. The first-order valence-corrected chi connectivity index (χ1v) is 10.5. The highest BCUT2D eigenvalue weighted by atomic mass is 16.3.